The summed E-state index contributed by atoms with van der Waals surface area (Å²) in [5.41, 5.74) is 0. The van der Waals surface area contributed by atoms with E-state index in [1.807, 2.05) is 0 Å². The number of carbonyl (C=O) groups is 11. The Hall–Kier alpha value is -6.39. The fourth-order valence-corrected chi connectivity index (χ4v) is 13.4. The van der Waals surface area contributed by atoms with E-state index in [1.54, 1.807) is 0 Å². The maximum Gasteiger partial charge on any atom is 0.243 e. The number of nitrogens with one attached hydrogen (secondary N) is 10. The third-order valence-electron chi connectivity index (χ3n) is 19.6. The molecule has 0 aromatic carbocycles. The number of aliphatic hydroxyl groups excluding tert-OH is 12. The second-order valence-electron chi connectivity index (χ2n) is 28.9. The van der Waals surface area contributed by atoms with Crippen LogP contribution in [0.3, 0.4) is 0 Å². The van der Waals surface area contributed by atoms with Crippen molar-refractivity contribution < 1.29 is 147 Å². The first-order valence-electron chi connectivity index (χ1n) is 39.0. The SMILES string of the molecule is CC(=O)NC1C(CCCCCC(=O)NCCCCC(NC(=O)CCCCOC2OC(CO)C(O)C(O)C2NC(C)=O)C(=O)NCCCCC(NC(=O)C(CCCCNC(=O)CCCCOC2OC(CO)C(O)C(O)C2NC(C)=O)NC(=O)CCCCOC2OC(CO)C(O)C(O)C2NC(C)=O)C(C)=O)OC(CO)C(O)C1O. The Labute approximate surface area is 651 Å². The van der Waals surface area contributed by atoms with E-state index in [0.29, 0.717) is 77.0 Å². The number of hydrogen-bond donors (Lipinski definition) is 22. The van der Waals surface area contributed by atoms with E-state index in [1.165, 1.54) is 34.6 Å². The summed E-state index contributed by atoms with van der Waals surface area (Å²) in [6.45, 7) is 4.16. The molecule has 0 spiro atoms. The molecule has 40 nitrogen and oxygen atoms in total. The highest BCUT2D eigenvalue weighted by atomic mass is 16.7. The molecule has 4 aliphatic heterocycles. The summed E-state index contributed by atoms with van der Waals surface area (Å²) in [6.07, 6.45) is -14.7. The number of ether oxygens (including phenoxy) is 7. The summed E-state index contributed by atoms with van der Waals surface area (Å²) in [6, 6.07) is -7.62. The van der Waals surface area contributed by atoms with Gasteiger partial charge in [-0.25, -0.2) is 0 Å². The van der Waals surface area contributed by atoms with Crippen molar-refractivity contribution in [2.45, 2.75) is 323 Å². The lowest BCUT2D eigenvalue weighted by Gasteiger charge is -2.42. The van der Waals surface area contributed by atoms with E-state index in [0.717, 1.165) is 0 Å². The van der Waals surface area contributed by atoms with Gasteiger partial charge in [0.25, 0.3) is 0 Å². The first kappa shape index (κ1) is 98.0. The number of rotatable bonds is 53. The predicted molar refractivity (Wildman–Crippen MR) is 391 cm³/mol. The average molecular weight is 1610 g/mol. The van der Waals surface area contributed by atoms with Crippen LogP contribution in [0.4, 0.5) is 0 Å². The molecule has 4 saturated heterocycles. The van der Waals surface area contributed by atoms with E-state index >= 15 is 0 Å². The molecule has 10 amide bonds. The normalized spacial score (nSPS) is 28.6. The third-order valence-corrected chi connectivity index (χ3v) is 19.6. The second-order valence-corrected chi connectivity index (χ2v) is 28.9. The maximum absolute atomic E-state index is 14.1. The van der Waals surface area contributed by atoms with Crippen LogP contribution in [0.1, 0.15) is 182 Å². The molecule has 23 unspecified atom stereocenters. The van der Waals surface area contributed by atoms with Crippen LogP contribution in [0, 0.1) is 0 Å². The highest BCUT2D eigenvalue weighted by Crippen LogP contribution is 2.28. The van der Waals surface area contributed by atoms with Gasteiger partial charge < -0.3 is 148 Å². The lowest BCUT2D eigenvalue weighted by Crippen LogP contribution is -2.64. The minimum absolute atomic E-state index is 0.0296. The molecular weight excluding hydrogens is 1480 g/mol. The zero-order valence-corrected chi connectivity index (χ0v) is 64.8. The second kappa shape index (κ2) is 53.0. The number of amides is 10. The molecular formula is C72H126N10O30. The maximum atomic E-state index is 14.1. The van der Waals surface area contributed by atoms with E-state index in [4.69, 9.17) is 33.2 Å². The summed E-state index contributed by atoms with van der Waals surface area (Å²) >= 11 is 0. The predicted octanol–water partition coefficient (Wildman–Crippen LogP) is -6.78. The molecule has 23 atom stereocenters. The number of Topliss-reactive ketones (excluding diaryl/α,β-unsaturated/α-hetero) is 1. The molecule has 4 heterocycles. The van der Waals surface area contributed by atoms with Gasteiger partial charge in [0, 0.05) is 92.8 Å². The third kappa shape index (κ3) is 34.6. The van der Waals surface area contributed by atoms with Crippen LogP contribution in [0.25, 0.3) is 0 Å². The van der Waals surface area contributed by atoms with Crippen molar-refractivity contribution in [1.29, 1.82) is 0 Å². The summed E-state index contributed by atoms with van der Waals surface area (Å²) in [5, 5.41) is 149. The van der Waals surface area contributed by atoms with E-state index < -0.39 is 220 Å². The lowest BCUT2D eigenvalue weighted by molar-refractivity contribution is -0.270. The summed E-state index contributed by atoms with van der Waals surface area (Å²) < 4.78 is 39.8. The number of hydrogen-bond acceptors (Lipinski definition) is 30. The van der Waals surface area contributed by atoms with Crippen LogP contribution >= 0.6 is 0 Å². The highest BCUT2D eigenvalue weighted by Gasteiger charge is 2.49. The van der Waals surface area contributed by atoms with Crippen LogP contribution in [-0.2, 0) is 85.9 Å². The minimum atomic E-state index is -1.54. The van der Waals surface area contributed by atoms with Crippen LogP contribution in [-0.4, -0.2) is 333 Å². The molecule has 0 radical (unpaired) electrons. The van der Waals surface area contributed by atoms with Crippen molar-refractivity contribution in [3.8, 4) is 0 Å². The van der Waals surface area contributed by atoms with Gasteiger partial charge in [-0.2, -0.15) is 0 Å². The highest BCUT2D eigenvalue weighted by molar-refractivity contribution is 5.92. The first-order chi connectivity index (χ1) is 53.3. The minimum Gasteiger partial charge on any atom is -0.394 e. The van der Waals surface area contributed by atoms with E-state index in [9.17, 15) is 114 Å². The Morgan fingerprint density at radius 3 is 0.982 bits per heavy atom. The van der Waals surface area contributed by atoms with Gasteiger partial charge in [-0.15, -0.1) is 0 Å². The number of unbranched alkanes of at least 4 members (excludes halogenated alkanes) is 8. The van der Waals surface area contributed by atoms with Crippen molar-refractivity contribution in [2.24, 2.45) is 0 Å². The fourth-order valence-electron chi connectivity index (χ4n) is 13.4. The van der Waals surface area contributed by atoms with Crippen molar-refractivity contribution in [3.63, 3.8) is 0 Å². The Balaban J connectivity index is 1.33. The largest absolute Gasteiger partial charge is 0.394 e. The fraction of sp³-hybridized carbons (Fsp3) is 0.847. The van der Waals surface area contributed by atoms with Crippen molar-refractivity contribution in [2.75, 3.05) is 65.9 Å². The Bertz CT molecular complexity index is 2880. The van der Waals surface area contributed by atoms with Crippen LogP contribution in [0.5, 0.6) is 0 Å². The van der Waals surface area contributed by atoms with Crippen molar-refractivity contribution in [3.05, 3.63) is 0 Å². The van der Waals surface area contributed by atoms with Gasteiger partial charge >= 0.3 is 0 Å². The Morgan fingerprint density at radius 1 is 0.312 bits per heavy atom. The molecule has 0 aromatic rings. The Kier molecular flexibility index (Phi) is 46.3. The molecule has 0 aliphatic carbocycles. The number of aliphatic hydroxyl groups is 12. The smallest absolute Gasteiger partial charge is 0.243 e. The molecule has 0 bridgehead atoms. The van der Waals surface area contributed by atoms with E-state index in [-0.39, 0.29) is 122 Å². The molecule has 4 rings (SSSR count). The average Bonchev–Trinajstić information content (AvgIpc) is 0.826. The molecule has 4 aliphatic rings. The number of carbonyl (C=O) groups excluding carboxylic acids is 11. The summed E-state index contributed by atoms with van der Waals surface area (Å²) in [5.74, 6) is -5.20. The van der Waals surface area contributed by atoms with Gasteiger partial charge in [0.15, 0.2) is 24.7 Å². The molecule has 4 fully saturated rings. The van der Waals surface area contributed by atoms with Crippen LogP contribution in [0.15, 0.2) is 0 Å². The summed E-state index contributed by atoms with van der Waals surface area (Å²) in [7, 11) is 0. The molecule has 644 valence electrons. The quantitative estimate of drug-likeness (QED) is 0.0252. The molecule has 40 heteroatoms. The van der Waals surface area contributed by atoms with Gasteiger partial charge in [-0.1, -0.05) is 12.8 Å². The van der Waals surface area contributed by atoms with Crippen molar-refractivity contribution >= 4 is 64.9 Å². The molecule has 22 N–H and O–H groups in total. The topological polar surface area (TPSA) is 615 Å². The molecule has 0 saturated carbocycles. The lowest BCUT2D eigenvalue weighted by atomic mass is 9.90. The molecule has 112 heavy (non-hydrogen) atoms. The van der Waals surface area contributed by atoms with Crippen molar-refractivity contribution in [1.82, 2.24) is 53.2 Å². The van der Waals surface area contributed by atoms with Gasteiger partial charge in [-0.3, -0.25) is 52.7 Å². The monoisotopic (exact) mass is 1610 g/mol. The zero-order chi connectivity index (χ0) is 83.0. The first-order valence-corrected chi connectivity index (χ1v) is 39.0. The number of ketones is 1. The van der Waals surface area contributed by atoms with E-state index in [2.05, 4.69) is 53.2 Å². The zero-order valence-electron chi connectivity index (χ0n) is 64.8. The van der Waals surface area contributed by atoms with Gasteiger partial charge in [0.1, 0.15) is 103 Å². The van der Waals surface area contributed by atoms with Gasteiger partial charge in [0.2, 0.25) is 59.1 Å². The Morgan fingerprint density at radius 2 is 0.625 bits per heavy atom. The van der Waals surface area contributed by atoms with Gasteiger partial charge in [-0.05, 0) is 116 Å². The van der Waals surface area contributed by atoms with Gasteiger partial charge in [0.05, 0.1) is 44.6 Å². The summed E-state index contributed by atoms with van der Waals surface area (Å²) in [4.78, 5) is 141. The standard InChI is InChI=1S/C72H126N10O30/c1-39(87)44(82-69(105)46(81-55(95)28-14-20-34-108-72-59(79-43(5)91)67(103)63(99)51(38-86)112-72)23-11-16-30-74-53(93)26-12-18-32-106-70-57(77-41(3)89)65(101)61(97)49(36-84)110-70)21-9-17-31-75-68(104)45(80-54(94)27-13-19-33-107-71-58(78-42(4)90)66(102)62(98)50(37-85)111-71)22-10-15-29-73-52(92)25-8-6-7-24-47-56(76-40(2)88)64(100)60(96)48(35-83)109-47/h44-51,56-67,70-72,83-86,96-103H,6-38H2,1-5H3,(H,73,92)(H,74,93)(H,75,104)(H,76,88)(H,77,89)(H,78,90)(H,79,91)(H,80,94)(H,81,95)(H,82,105). The van der Waals surface area contributed by atoms with Crippen LogP contribution in [0.2, 0.25) is 0 Å². The van der Waals surface area contributed by atoms with Crippen LogP contribution < -0.4 is 53.2 Å². The molecule has 0 aromatic heterocycles.